The van der Waals surface area contributed by atoms with E-state index >= 15 is 0 Å². The van der Waals surface area contributed by atoms with E-state index in [0.29, 0.717) is 16.5 Å². The molecular formula is C20H13BrF4N2O4S. The van der Waals surface area contributed by atoms with Crippen LogP contribution in [0.3, 0.4) is 0 Å². The lowest BCUT2D eigenvalue weighted by Gasteiger charge is -2.12. The molecule has 0 radical (unpaired) electrons. The summed E-state index contributed by atoms with van der Waals surface area (Å²) in [7, 11) is -4.60. The first-order chi connectivity index (χ1) is 14.9. The quantitative estimate of drug-likeness (QED) is 0.317. The number of benzene rings is 2. The Kier molecular flexibility index (Phi) is 6.74. The van der Waals surface area contributed by atoms with Crippen LogP contribution in [0.15, 0.2) is 74.7 Å². The van der Waals surface area contributed by atoms with Gasteiger partial charge < -0.3 is 9.73 Å². The molecule has 0 saturated carbocycles. The van der Waals surface area contributed by atoms with Gasteiger partial charge in [-0.3, -0.25) is 9.52 Å². The SMILES string of the molecule is O=C(C=Cc1ccc(Br)o1)Nc1ccc(F)c(S(=O)(=O)Nc2cccc(C(F)(F)F)c2)c1. The summed E-state index contributed by atoms with van der Waals surface area (Å²) in [4.78, 5) is 11.2. The summed E-state index contributed by atoms with van der Waals surface area (Å²) in [5.74, 6) is -1.43. The van der Waals surface area contributed by atoms with E-state index in [-0.39, 0.29) is 5.69 Å². The Morgan fingerprint density at radius 2 is 1.78 bits per heavy atom. The van der Waals surface area contributed by atoms with Crippen molar-refractivity contribution in [2.45, 2.75) is 11.1 Å². The minimum Gasteiger partial charge on any atom is -0.450 e. The van der Waals surface area contributed by atoms with Gasteiger partial charge in [0.1, 0.15) is 16.5 Å². The van der Waals surface area contributed by atoms with Crippen molar-refractivity contribution in [1.82, 2.24) is 0 Å². The summed E-state index contributed by atoms with van der Waals surface area (Å²) in [6.45, 7) is 0. The number of carbonyl (C=O) groups excluding carboxylic acids is 1. The average Bonchev–Trinajstić information content (AvgIpc) is 3.12. The van der Waals surface area contributed by atoms with Gasteiger partial charge in [-0.15, -0.1) is 0 Å². The van der Waals surface area contributed by atoms with Gasteiger partial charge in [0, 0.05) is 17.5 Å². The number of alkyl halides is 3. The molecule has 2 aromatic carbocycles. The Labute approximate surface area is 188 Å². The van der Waals surface area contributed by atoms with Crippen LogP contribution < -0.4 is 10.0 Å². The van der Waals surface area contributed by atoms with E-state index in [0.717, 1.165) is 42.5 Å². The maximum absolute atomic E-state index is 14.2. The zero-order valence-corrected chi connectivity index (χ0v) is 18.2. The molecule has 1 aromatic heterocycles. The number of amides is 1. The molecule has 1 heterocycles. The molecule has 12 heteroatoms. The number of halogens is 5. The summed E-state index contributed by atoms with van der Waals surface area (Å²) < 4.78 is 85.4. The second kappa shape index (κ2) is 9.17. The first-order valence-electron chi connectivity index (χ1n) is 8.68. The van der Waals surface area contributed by atoms with Gasteiger partial charge in [-0.2, -0.15) is 13.2 Å². The van der Waals surface area contributed by atoms with Crippen molar-refractivity contribution in [3.63, 3.8) is 0 Å². The van der Waals surface area contributed by atoms with Gasteiger partial charge in [0.05, 0.1) is 5.56 Å². The second-order valence-corrected chi connectivity index (χ2v) is 8.73. The Bertz CT molecular complexity index is 1290. The van der Waals surface area contributed by atoms with Crippen LogP contribution in [0.4, 0.5) is 28.9 Å². The minimum absolute atomic E-state index is 0.0499. The van der Waals surface area contributed by atoms with E-state index in [1.54, 1.807) is 12.1 Å². The maximum Gasteiger partial charge on any atom is 0.416 e. The highest BCUT2D eigenvalue weighted by Crippen LogP contribution is 2.31. The number of sulfonamides is 1. The van der Waals surface area contributed by atoms with Gasteiger partial charge in [-0.05, 0) is 70.5 Å². The van der Waals surface area contributed by atoms with Crippen LogP contribution in [-0.4, -0.2) is 14.3 Å². The molecule has 0 aliphatic rings. The molecule has 0 aliphatic heterocycles. The third-order valence-electron chi connectivity index (χ3n) is 3.92. The van der Waals surface area contributed by atoms with Gasteiger partial charge in [-0.25, -0.2) is 12.8 Å². The summed E-state index contributed by atoms with van der Waals surface area (Å²) >= 11 is 3.11. The van der Waals surface area contributed by atoms with E-state index in [4.69, 9.17) is 4.42 Å². The molecule has 2 N–H and O–H groups in total. The first kappa shape index (κ1) is 23.5. The number of rotatable bonds is 6. The van der Waals surface area contributed by atoms with Crippen LogP contribution in [0.2, 0.25) is 0 Å². The normalized spacial score (nSPS) is 12.2. The molecule has 0 aliphatic carbocycles. The topological polar surface area (TPSA) is 88.4 Å². The molecule has 0 unspecified atom stereocenters. The fraction of sp³-hybridized carbons (Fsp3) is 0.0500. The number of nitrogens with one attached hydrogen (secondary N) is 2. The van der Waals surface area contributed by atoms with Crippen molar-refractivity contribution < 1.29 is 35.2 Å². The van der Waals surface area contributed by atoms with Gasteiger partial charge in [-0.1, -0.05) is 6.07 Å². The summed E-state index contributed by atoms with van der Waals surface area (Å²) in [5, 5.41) is 2.36. The smallest absolute Gasteiger partial charge is 0.416 e. The number of hydrogen-bond donors (Lipinski definition) is 2. The summed E-state index contributed by atoms with van der Waals surface area (Å²) in [6.07, 6.45) is -2.21. The van der Waals surface area contributed by atoms with Gasteiger partial charge in [0.25, 0.3) is 10.0 Å². The Hall–Kier alpha value is -3.12. The fourth-order valence-electron chi connectivity index (χ4n) is 2.52. The van der Waals surface area contributed by atoms with Crippen LogP contribution in [0.1, 0.15) is 11.3 Å². The standard InChI is InChI=1S/C20H13BrF4N2O4S/c21-18-8-5-15(31-18)6-9-19(28)26-13-4-7-16(22)17(11-13)32(29,30)27-14-3-1-2-12(10-14)20(23,24)25/h1-11,27H,(H,26,28). The van der Waals surface area contributed by atoms with Crippen molar-refractivity contribution in [2.75, 3.05) is 10.0 Å². The zero-order valence-electron chi connectivity index (χ0n) is 15.8. The zero-order chi connectivity index (χ0) is 23.5. The molecule has 3 rings (SSSR count). The first-order valence-corrected chi connectivity index (χ1v) is 11.0. The Morgan fingerprint density at radius 1 is 1.03 bits per heavy atom. The predicted octanol–water partition coefficient (Wildman–Crippen LogP) is 5.65. The maximum atomic E-state index is 14.2. The number of furan rings is 1. The van der Waals surface area contributed by atoms with Gasteiger partial charge in [0.2, 0.25) is 5.91 Å². The third-order valence-corrected chi connectivity index (χ3v) is 5.75. The Balaban J connectivity index is 1.80. The minimum atomic E-state index is -4.68. The highest BCUT2D eigenvalue weighted by Gasteiger charge is 2.31. The fourth-order valence-corrected chi connectivity index (χ4v) is 3.99. The lowest BCUT2D eigenvalue weighted by atomic mass is 10.2. The molecular weight excluding hydrogens is 520 g/mol. The van der Waals surface area contributed by atoms with E-state index < -0.39 is 44.1 Å². The van der Waals surface area contributed by atoms with Gasteiger partial charge in [0.15, 0.2) is 4.67 Å². The molecule has 168 valence electrons. The van der Waals surface area contributed by atoms with E-state index in [9.17, 15) is 30.8 Å². The van der Waals surface area contributed by atoms with Crippen molar-refractivity contribution in [1.29, 1.82) is 0 Å². The molecule has 0 spiro atoms. The van der Waals surface area contributed by atoms with Crippen molar-refractivity contribution in [3.05, 3.63) is 82.5 Å². The molecule has 0 saturated heterocycles. The van der Waals surface area contributed by atoms with Crippen LogP contribution in [0.25, 0.3) is 6.08 Å². The predicted molar refractivity (Wildman–Crippen MR) is 113 cm³/mol. The second-order valence-electron chi connectivity index (χ2n) is 6.29. The monoisotopic (exact) mass is 532 g/mol. The van der Waals surface area contributed by atoms with Crippen LogP contribution in [0, 0.1) is 5.82 Å². The molecule has 32 heavy (non-hydrogen) atoms. The lowest BCUT2D eigenvalue weighted by Crippen LogP contribution is -2.16. The Morgan fingerprint density at radius 3 is 2.44 bits per heavy atom. The highest BCUT2D eigenvalue weighted by molar-refractivity contribution is 9.10. The van der Waals surface area contributed by atoms with Crippen molar-refractivity contribution in [2.24, 2.45) is 0 Å². The van der Waals surface area contributed by atoms with Crippen LogP contribution >= 0.6 is 15.9 Å². The summed E-state index contributed by atoms with van der Waals surface area (Å²) in [6, 6.07) is 9.45. The summed E-state index contributed by atoms with van der Waals surface area (Å²) in [5.41, 5.74) is -1.53. The lowest BCUT2D eigenvalue weighted by molar-refractivity contribution is -0.137. The van der Waals surface area contributed by atoms with Crippen molar-refractivity contribution in [3.8, 4) is 0 Å². The molecule has 6 nitrogen and oxygen atoms in total. The van der Waals surface area contributed by atoms with E-state index in [2.05, 4.69) is 21.2 Å². The highest BCUT2D eigenvalue weighted by atomic mass is 79.9. The van der Waals surface area contributed by atoms with E-state index in [1.165, 1.54) is 6.08 Å². The number of hydrogen-bond acceptors (Lipinski definition) is 4. The average molecular weight is 533 g/mol. The molecule has 0 atom stereocenters. The van der Waals surface area contributed by atoms with Gasteiger partial charge >= 0.3 is 6.18 Å². The van der Waals surface area contributed by atoms with Crippen LogP contribution in [-0.2, 0) is 21.0 Å². The third kappa shape index (κ3) is 5.98. The molecule has 3 aromatic rings. The number of anilines is 2. The van der Waals surface area contributed by atoms with E-state index in [1.807, 2.05) is 4.72 Å². The largest absolute Gasteiger partial charge is 0.450 e. The molecule has 0 bridgehead atoms. The molecule has 1 amide bonds. The number of carbonyl (C=O) groups is 1. The molecule has 0 fully saturated rings. The van der Waals surface area contributed by atoms with Crippen molar-refractivity contribution >= 4 is 49.3 Å². The van der Waals surface area contributed by atoms with Crippen LogP contribution in [0.5, 0.6) is 0 Å².